The molecule has 6 heteroatoms. The summed E-state index contributed by atoms with van der Waals surface area (Å²) in [6, 6.07) is 18.4. The lowest BCUT2D eigenvalue weighted by Gasteiger charge is -2.10. The third kappa shape index (κ3) is 5.21. The quantitative estimate of drug-likeness (QED) is 0.625. The summed E-state index contributed by atoms with van der Waals surface area (Å²) in [5.74, 6) is 0.615. The molecule has 138 valence electrons. The zero-order valence-corrected chi connectivity index (χ0v) is 15.7. The van der Waals surface area contributed by atoms with Gasteiger partial charge in [0.05, 0.1) is 19.0 Å². The number of para-hydroxylation sites is 1. The Hall–Kier alpha value is -3.05. The summed E-state index contributed by atoms with van der Waals surface area (Å²) in [6.07, 6.45) is 2.47. The Morgan fingerprint density at radius 3 is 2.48 bits per heavy atom. The lowest BCUT2D eigenvalue weighted by atomic mass is 10.1. The molecule has 2 N–H and O–H groups in total. The lowest BCUT2D eigenvalue weighted by molar-refractivity contribution is 0.102. The highest BCUT2D eigenvalue weighted by atomic mass is 35.5. The molecule has 1 aromatic heterocycles. The van der Waals surface area contributed by atoms with Gasteiger partial charge in [-0.1, -0.05) is 29.8 Å². The second kappa shape index (κ2) is 9.05. The van der Waals surface area contributed by atoms with Gasteiger partial charge in [0.1, 0.15) is 11.4 Å². The molecule has 0 saturated heterocycles. The molecule has 0 fully saturated rings. The number of nitrogens with one attached hydrogen (secondary N) is 2. The van der Waals surface area contributed by atoms with Crippen molar-refractivity contribution >= 4 is 28.9 Å². The molecule has 0 aliphatic carbocycles. The van der Waals surface area contributed by atoms with E-state index >= 15 is 0 Å². The first-order chi connectivity index (χ1) is 13.2. The SMILES string of the molecule is COc1ccccc1CCNc1ccc(C(=O)Nc2ccc(Cl)cc2)nc1. The van der Waals surface area contributed by atoms with Crippen molar-refractivity contribution in [2.24, 2.45) is 0 Å². The zero-order chi connectivity index (χ0) is 19.1. The summed E-state index contributed by atoms with van der Waals surface area (Å²) >= 11 is 5.84. The fourth-order valence-electron chi connectivity index (χ4n) is 2.61. The standard InChI is InChI=1S/C21H20ClN3O2/c1-27-20-5-3-2-4-15(20)12-13-23-18-10-11-19(24-14-18)21(26)25-17-8-6-16(22)7-9-17/h2-11,14,23H,12-13H2,1H3,(H,25,26). The maximum Gasteiger partial charge on any atom is 0.274 e. The molecular formula is C21H20ClN3O2. The van der Waals surface area contributed by atoms with Gasteiger partial charge in [-0.3, -0.25) is 4.79 Å². The van der Waals surface area contributed by atoms with Crippen LogP contribution in [0.3, 0.4) is 0 Å². The number of rotatable bonds is 7. The highest BCUT2D eigenvalue weighted by Crippen LogP contribution is 2.18. The van der Waals surface area contributed by atoms with Gasteiger partial charge in [0, 0.05) is 17.3 Å². The van der Waals surface area contributed by atoms with Gasteiger partial charge >= 0.3 is 0 Å². The van der Waals surface area contributed by atoms with E-state index in [2.05, 4.69) is 15.6 Å². The van der Waals surface area contributed by atoms with Crippen LogP contribution >= 0.6 is 11.6 Å². The first kappa shape index (κ1) is 18.7. The van der Waals surface area contributed by atoms with E-state index in [1.165, 1.54) is 0 Å². The highest BCUT2D eigenvalue weighted by molar-refractivity contribution is 6.30. The largest absolute Gasteiger partial charge is 0.496 e. The fraction of sp³-hybridized carbons (Fsp3) is 0.143. The van der Waals surface area contributed by atoms with Crippen molar-refractivity contribution < 1.29 is 9.53 Å². The smallest absolute Gasteiger partial charge is 0.274 e. The van der Waals surface area contributed by atoms with E-state index in [-0.39, 0.29) is 5.91 Å². The summed E-state index contributed by atoms with van der Waals surface area (Å²) in [5, 5.41) is 6.71. The molecule has 2 aromatic carbocycles. The van der Waals surface area contributed by atoms with Gasteiger partial charge in [-0.2, -0.15) is 0 Å². The number of ether oxygens (including phenoxy) is 1. The summed E-state index contributed by atoms with van der Waals surface area (Å²) in [7, 11) is 1.67. The van der Waals surface area contributed by atoms with Crippen molar-refractivity contribution in [1.29, 1.82) is 0 Å². The number of nitrogens with zero attached hydrogens (tertiary/aromatic N) is 1. The van der Waals surface area contributed by atoms with Gasteiger partial charge in [0.25, 0.3) is 5.91 Å². The van der Waals surface area contributed by atoms with Crippen LogP contribution in [-0.4, -0.2) is 24.5 Å². The number of hydrogen-bond acceptors (Lipinski definition) is 4. The topological polar surface area (TPSA) is 63.2 Å². The number of amides is 1. The van der Waals surface area contributed by atoms with Gasteiger partial charge in [-0.25, -0.2) is 4.98 Å². The molecule has 0 unspecified atom stereocenters. The first-order valence-corrected chi connectivity index (χ1v) is 8.92. The maximum atomic E-state index is 12.2. The third-order valence-corrected chi connectivity index (χ3v) is 4.27. The maximum absolute atomic E-state index is 12.2. The average Bonchev–Trinajstić information content (AvgIpc) is 2.70. The third-order valence-electron chi connectivity index (χ3n) is 4.01. The molecule has 0 radical (unpaired) electrons. The number of anilines is 2. The Kier molecular flexibility index (Phi) is 6.28. The Morgan fingerprint density at radius 1 is 1.04 bits per heavy atom. The Morgan fingerprint density at radius 2 is 1.78 bits per heavy atom. The second-order valence-electron chi connectivity index (χ2n) is 5.88. The molecule has 0 spiro atoms. The lowest BCUT2D eigenvalue weighted by Crippen LogP contribution is -2.14. The predicted octanol–water partition coefficient (Wildman–Crippen LogP) is 4.65. The second-order valence-corrected chi connectivity index (χ2v) is 6.32. The van der Waals surface area contributed by atoms with Crippen LogP contribution in [0.1, 0.15) is 16.1 Å². The number of halogens is 1. The van der Waals surface area contributed by atoms with E-state index in [1.54, 1.807) is 43.6 Å². The van der Waals surface area contributed by atoms with Crippen LogP contribution in [-0.2, 0) is 6.42 Å². The molecule has 0 bridgehead atoms. The molecule has 0 saturated carbocycles. The van der Waals surface area contributed by atoms with Crippen LogP contribution in [0.15, 0.2) is 66.9 Å². The van der Waals surface area contributed by atoms with Crippen molar-refractivity contribution in [3.63, 3.8) is 0 Å². The number of hydrogen-bond donors (Lipinski definition) is 2. The van der Waals surface area contributed by atoms with Gasteiger partial charge in [-0.15, -0.1) is 0 Å². The minimum atomic E-state index is -0.266. The number of carbonyl (C=O) groups is 1. The van der Waals surface area contributed by atoms with Gasteiger partial charge in [-0.05, 0) is 54.4 Å². The number of methoxy groups -OCH3 is 1. The summed E-state index contributed by atoms with van der Waals surface area (Å²) < 4.78 is 5.35. The summed E-state index contributed by atoms with van der Waals surface area (Å²) in [6.45, 7) is 0.734. The van der Waals surface area contributed by atoms with Gasteiger partial charge in [0.2, 0.25) is 0 Å². The number of aromatic nitrogens is 1. The van der Waals surface area contributed by atoms with Crippen LogP contribution in [0, 0.1) is 0 Å². The molecule has 0 aliphatic rings. The van der Waals surface area contributed by atoms with Gasteiger partial charge in [0.15, 0.2) is 0 Å². The fourth-order valence-corrected chi connectivity index (χ4v) is 2.74. The molecule has 3 aromatic rings. The van der Waals surface area contributed by atoms with Crippen molar-refractivity contribution in [2.45, 2.75) is 6.42 Å². The molecule has 0 atom stereocenters. The van der Waals surface area contributed by atoms with Crippen LogP contribution in [0.5, 0.6) is 5.75 Å². The average molecular weight is 382 g/mol. The van der Waals surface area contributed by atoms with Crippen LogP contribution in [0.2, 0.25) is 5.02 Å². The van der Waals surface area contributed by atoms with Crippen molar-refractivity contribution in [1.82, 2.24) is 4.98 Å². The van der Waals surface area contributed by atoms with Crippen molar-refractivity contribution in [3.05, 3.63) is 83.1 Å². The molecule has 0 aliphatic heterocycles. The summed E-state index contributed by atoms with van der Waals surface area (Å²) in [4.78, 5) is 16.5. The minimum Gasteiger partial charge on any atom is -0.496 e. The van der Waals surface area contributed by atoms with E-state index in [4.69, 9.17) is 16.3 Å². The van der Waals surface area contributed by atoms with Crippen molar-refractivity contribution in [3.8, 4) is 5.75 Å². The van der Waals surface area contributed by atoms with Gasteiger partial charge < -0.3 is 15.4 Å². The normalized spacial score (nSPS) is 10.3. The molecule has 1 amide bonds. The Balaban J connectivity index is 1.53. The predicted molar refractivity (Wildman–Crippen MR) is 109 cm³/mol. The van der Waals surface area contributed by atoms with Crippen LogP contribution in [0.4, 0.5) is 11.4 Å². The Labute approximate surface area is 163 Å². The molecule has 27 heavy (non-hydrogen) atoms. The number of pyridine rings is 1. The summed E-state index contributed by atoms with van der Waals surface area (Å²) in [5.41, 5.74) is 3.01. The Bertz CT molecular complexity index is 896. The molecule has 3 rings (SSSR count). The van der Waals surface area contributed by atoms with Crippen LogP contribution in [0.25, 0.3) is 0 Å². The molecule has 1 heterocycles. The monoisotopic (exact) mass is 381 g/mol. The number of benzene rings is 2. The van der Waals surface area contributed by atoms with Crippen LogP contribution < -0.4 is 15.4 Å². The molecular weight excluding hydrogens is 362 g/mol. The van der Waals surface area contributed by atoms with E-state index in [0.717, 1.165) is 30.0 Å². The van der Waals surface area contributed by atoms with E-state index in [9.17, 15) is 4.79 Å². The van der Waals surface area contributed by atoms with E-state index < -0.39 is 0 Å². The van der Waals surface area contributed by atoms with E-state index in [1.807, 2.05) is 30.3 Å². The zero-order valence-electron chi connectivity index (χ0n) is 14.9. The first-order valence-electron chi connectivity index (χ1n) is 8.54. The minimum absolute atomic E-state index is 0.266. The highest BCUT2D eigenvalue weighted by Gasteiger charge is 2.08. The molecule has 5 nitrogen and oxygen atoms in total. The van der Waals surface area contributed by atoms with Crippen molar-refractivity contribution in [2.75, 3.05) is 24.3 Å². The van der Waals surface area contributed by atoms with E-state index in [0.29, 0.717) is 16.4 Å². The number of carbonyl (C=O) groups excluding carboxylic acids is 1.